The van der Waals surface area contributed by atoms with E-state index >= 15 is 0 Å². The van der Waals surface area contributed by atoms with Crippen LogP contribution in [-0.2, 0) is 4.79 Å². The molecule has 0 saturated carbocycles. The summed E-state index contributed by atoms with van der Waals surface area (Å²) in [6, 6.07) is 7.66. The summed E-state index contributed by atoms with van der Waals surface area (Å²) in [6.45, 7) is 1.70. The number of likely N-dealkylation sites (N-methyl/N-ethyl adjacent to an activating group) is 1. The Kier molecular flexibility index (Phi) is 4.24. The first-order chi connectivity index (χ1) is 8.61. The minimum atomic E-state index is -0.765. The van der Waals surface area contributed by atoms with Crippen molar-refractivity contribution in [2.45, 2.75) is 12.5 Å². The van der Waals surface area contributed by atoms with E-state index in [9.17, 15) is 4.79 Å². The lowest BCUT2D eigenvalue weighted by molar-refractivity contribution is -0.140. The summed E-state index contributed by atoms with van der Waals surface area (Å²) in [4.78, 5) is 13.4. The normalized spacial score (nSPS) is 21.0. The van der Waals surface area contributed by atoms with Gasteiger partial charge in [-0.05, 0) is 31.7 Å². The average molecular weight is 313 g/mol. The topological polar surface area (TPSA) is 52.6 Å². The van der Waals surface area contributed by atoms with E-state index in [0.717, 1.165) is 29.7 Å². The number of carboxylic acid groups (broad SMARTS) is 1. The van der Waals surface area contributed by atoms with E-state index in [-0.39, 0.29) is 5.92 Å². The predicted octanol–water partition coefficient (Wildman–Crippen LogP) is 1.95. The largest absolute Gasteiger partial charge is 0.480 e. The number of anilines is 1. The molecule has 2 N–H and O–H groups in total. The molecule has 2 unspecified atom stereocenters. The molecule has 4 nitrogen and oxygen atoms in total. The van der Waals surface area contributed by atoms with Crippen LogP contribution in [0.5, 0.6) is 0 Å². The van der Waals surface area contributed by atoms with Gasteiger partial charge in [-0.1, -0.05) is 22.0 Å². The van der Waals surface area contributed by atoms with Crippen molar-refractivity contribution in [3.63, 3.8) is 0 Å². The molecule has 5 heteroatoms. The molecular formula is C13H17BrN2O2. The van der Waals surface area contributed by atoms with E-state index in [1.807, 2.05) is 12.1 Å². The van der Waals surface area contributed by atoms with Crippen LogP contribution < -0.4 is 10.2 Å². The van der Waals surface area contributed by atoms with Crippen LogP contribution in [0.4, 0.5) is 5.69 Å². The molecule has 1 aromatic carbocycles. The van der Waals surface area contributed by atoms with Crippen molar-refractivity contribution in [3.8, 4) is 0 Å². The van der Waals surface area contributed by atoms with Crippen LogP contribution >= 0.6 is 15.9 Å². The Bertz CT molecular complexity index is 439. The number of halogens is 1. The van der Waals surface area contributed by atoms with Gasteiger partial charge in [0.2, 0.25) is 0 Å². The molecule has 18 heavy (non-hydrogen) atoms. The molecule has 98 valence electrons. The van der Waals surface area contributed by atoms with Crippen molar-refractivity contribution in [1.82, 2.24) is 5.32 Å². The molecule has 1 saturated heterocycles. The molecule has 2 rings (SSSR count). The number of hydrogen-bond donors (Lipinski definition) is 2. The highest BCUT2D eigenvalue weighted by Gasteiger charge is 2.32. The number of aliphatic carboxylic acids is 1. The standard InChI is InChI=1S/C13H17BrN2O2/c1-15-12(13(17)18)9-5-6-16(8-9)11-4-2-3-10(14)7-11/h2-4,7,9,12,15H,5-6,8H2,1H3,(H,17,18). The third kappa shape index (κ3) is 2.84. The minimum absolute atomic E-state index is 0.159. The highest BCUT2D eigenvalue weighted by molar-refractivity contribution is 9.10. The van der Waals surface area contributed by atoms with Crippen molar-refractivity contribution in [1.29, 1.82) is 0 Å². The summed E-state index contributed by atoms with van der Waals surface area (Å²) in [6.07, 6.45) is 0.907. The van der Waals surface area contributed by atoms with Gasteiger partial charge in [-0.15, -0.1) is 0 Å². The summed E-state index contributed by atoms with van der Waals surface area (Å²) in [7, 11) is 1.71. The van der Waals surface area contributed by atoms with E-state index in [1.54, 1.807) is 7.05 Å². The van der Waals surface area contributed by atoms with E-state index in [4.69, 9.17) is 5.11 Å². The first kappa shape index (κ1) is 13.4. The molecule has 0 aliphatic carbocycles. The quantitative estimate of drug-likeness (QED) is 0.892. The molecule has 0 bridgehead atoms. The summed E-state index contributed by atoms with van der Waals surface area (Å²) >= 11 is 3.46. The van der Waals surface area contributed by atoms with Gasteiger partial charge in [-0.3, -0.25) is 4.79 Å². The molecule has 0 aromatic heterocycles. The molecule has 0 spiro atoms. The van der Waals surface area contributed by atoms with Crippen LogP contribution in [0, 0.1) is 5.92 Å². The highest BCUT2D eigenvalue weighted by Crippen LogP contribution is 2.27. The van der Waals surface area contributed by atoms with Gasteiger partial charge in [0.1, 0.15) is 6.04 Å². The molecule has 2 atom stereocenters. The van der Waals surface area contributed by atoms with Crippen LogP contribution in [-0.4, -0.2) is 37.3 Å². The van der Waals surface area contributed by atoms with Crippen molar-refractivity contribution in [2.75, 3.05) is 25.0 Å². The molecule has 1 aliphatic rings. The van der Waals surface area contributed by atoms with Crippen LogP contribution in [0.15, 0.2) is 28.7 Å². The molecule has 1 fully saturated rings. The van der Waals surface area contributed by atoms with Crippen molar-refractivity contribution < 1.29 is 9.90 Å². The van der Waals surface area contributed by atoms with E-state index in [1.165, 1.54) is 0 Å². The Balaban J connectivity index is 2.06. The SMILES string of the molecule is CNC(C(=O)O)C1CCN(c2cccc(Br)c2)C1. The number of nitrogens with zero attached hydrogens (tertiary/aromatic N) is 1. The Hall–Kier alpha value is -1.07. The van der Waals surface area contributed by atoms with Crippen LogP contribution in [0.25, 0.3) is 0 Å². The summed E-state index contributed by atoms with van der Waals surface area (Å²) in [5.74, 6) is -0.606. The zero-order valence-corrected chi connectivity index (χ0v) is 11.9. The minimum Gasteiger partial charge on any atom is -0.480 e. The summed E-state index contributed by atoms with van der Waals surface area (Å²) < 4.78 is 1.05. The molecule has 0 radical (unpaired) electrons. The van der Waals surface area contributed by atoms with E-state index in [0.29, 0.717) is 0 Å². The van der Waals surface area contributed by atoms with Crippen LogP contribution in [0.2, 0.25) is 0 Å². The Morgan fingerprint density at radius 2 is 2.39 bits per heavy atom. The molecule has 1 aromatic rings. The number of carbonyl (C=O) groups is 1. The number of carboxylic acids is 1. The highest BCUT2D eigenvalue weighted by atomic mass is 79.9. The Morgan fingerprint density at radius 1 is 1.61 bits per heavy atom. The summed E-state index contributed by atoms with van der Waals surface area (Å²) in [5, 5.41) is 12.0. The first-order valence-corrected chi connectivity index (χ1v) is 6.81. The fourth-order valence-electron chi connectivity index (χ4n) is 2.53. The van der Waals surface area contributed by atoms with Crippen LogP contribution in [0.1, 0.15) is 6.42 Å². The number of nitrogens with one attached hydrogen (secondary N) is 1. The van der Waals surface area contributed by atoms with Gasteiger partial charge < -0.3 is 15.3 Å². The zero-order chi connectivity index (χ0) is 13.1. The molecule has 0 amide bonds. The molecule has 1 heterocycles. The Morgan fingerprint density at radius 3 is 3.00 bits per heavy atom. The lowest BCUT2D eigenvalue weighted by Gasteiger charge is -2.21. The van der Waals surface area contributed by atoms with Crippen molar-refractivity contribution in [2.24, 2.45) is 5.92 Å². The van der Waals surface area contributed by atoms with Gasteiger partial charge in [0, 0.05) is 29.2 Å². The van der Waals surface area contributed by atoms with E-state index < -0.39 is 12.0 Å². The third-order valence-electron chi connectivity index (χ3n) is 3.45. The first-order valence-electron chi connectivity index (χ1n) is 6.02. The maximum atomic E-state index is 11.1. The lowest BCUT2D eigenvalue weighted by Crippen LogP contribution is -2.41. The monoisotopic (exact) mass is 312 g/mol. The zero-order valence-electron chi connectivity index (χ0n) is 10.3. The fourth-order valence-corrected chi connectivity index (χ4v) is 2.91. The molecule has 1 aliphatic heterocycles. The van der Waals surface area contributed by atoms with Gasteiger partial charge in [-0.25, -0.2) is 0 Å². The Labute approximate surface area is 115 Å². The number of rotatable bonds is 4. The fraction of sp³-hybridized carbons (Fsp3) is 0.462. The smallest absolute Gasteiger partial charge is 0.321 e. The van der Waals surface area contributed by atoms with Gasteiger partial charge in [-0.2, -0.15) is 0 Å². The van der Waals surface area contributed by atoms with Gasteiger partial charge in [0.25, 0.3) is 0 Å². The van der Waals surface area contributed by atoms with Gasteiger partial charge in [0.15, 0.2) is 0 Å². The van der Waals surface area contributed by atoms with Crippen LogP contribution in [0.3, 0.4) is 0 Å². The second-order valence-corrected chi connectivity index (χ2v) is 5.49. The van der Waals surface area contributed by atoms with Crippen molar-refractivity contribution >= 4 is 27.6 Å². The maximum absolute atomic E-state index is 11.1. The predicted molar refractivity (Wildman–Crippen MR) is 74.9 cm³/mol. The molecular weight excluding hydrogens is 296 g/mol. The lowest BCUT2D eigenvalue weighted by atomic mass is 9.99. The van der Waals surface area contributed by atoms with Gasteiger partial charge >= 0.3 is 5.97 Å². The second-order valence-electron chi connectivity index (χ2n) is 4.58. The van der Waals surface area contributed by atoms with E-state index in [2.05, 4.69) is 38.3 Å². The van der Waals surface area contributed by atoms with Gasteiger partial charge in [0.05, 0.1) is 0 Å². The maximum Gasteiger partial charge on any atom is 0.321 e. The third-order valence-corrected chi connectivity index (χ3v) is 3.94. The number of benzene rings is 1. The van der Waals surface area contributed by atoms with Crippen molar-refractivity contribution in [3.05, 3.63) is 28.7 Å². The number of hydrogen-bond acceptors (Lipinski definition) is 3. The second kappa shape index (κ2) is 5.71. The average Bonchev–Trinajstić information content (AvgIpc) is 2.79. The summed E-state index contributed by atoms with van der Waals surface area (Å²) in [5.41, 5.74) is 1.15.